The summed E-state index contributed by atoms with van der Waals surface area (Å²) in [6, 6.07) is 15.6. The van der Waals surface area contributed by atoms with E-state index in [0.717, 1.165) is 22.4 Å². The molecular weight excluding hydrogens is 388 g/mol. The third kappa shape index (κ3) is 3.99. The maximum absolute atomic E-state index is 12.7. The Balaban J connectivity index is 1.70. The van der Waals surface area contributed by atoms with Crippen molar-refractivity contribution in [1.82, 2.24) is 25.1 Å². The summed E-state index contributed by atoms with van der Waals surface area (Å²) >= 11 is 0. The highest BCUT2D eigenvalue weighted by Gasteiger charge is 2.28. The smallest absolute Gasteiger partial charge is 0.251 e. The van der Waals surface area contributed by atoms with Crippen LogP contribution in [0.15, 0.2) is 54.9 Å². The Morgan fingerprint density at radius 1 is 1.06 bits per heavy atom. The molecule has 2 aromatic carbocycles. The number of aromatic nitrogens is 4. The molecule has 31 heavy (non-hydrogen) atoms. The van der Waals surface area contributed by atoms with Crippen LogP contribution in [0.5, 0.6) is 0 Å². The molecule has 0 spiro atoms. The van der Waals surface area contributed by atoms with Gasteiger partial charge in [-0.15, -0.1) is 0 Å². The van der Waals surface area contributed by atoms with E-state index in [0.29, 0.717) is 29.0 Å². The molecule has 2 heterocycles. The minimum absolute atomic E-state index is 0.124. The van der Waals surface area contributed by atoms with Crippen LogP contribution in [-0.4, -0.2) is 32.2 Å². The molecule has 4 aromatic rings. The molecule has 0 radical (unpaired) electrons. The first kappa shape index (κ1) is 20.5. The molecule has 7 nitrogen and oxygen atoms in total. The van der Waals surface area contributed by atoms with Crippen LogP contribution in [0, 0.1) is 13.8 Å². The van der Waals surface area contributed by atoms with Crippen molar-refractivity contribution in [2.75, 3.05) is 12.3 Å². The number of fused-ring (bicyclic) bond motifs is 1. The number of amides is 1. The van der Waals surface area contributed by atoms with Crippen LogP contribution >= 0.6 is 0 Å². The van der Waals surface area contributed by atoms with Crippen LogP contribution in [0.1, 0.15) is 35.3 Å². The summed E-state index contributed by atoms with van der Waals surface area (Å²) in [4.78, 5) is 21.3. The van der Waals surface area contributed by atoms with Gasteiger partial charge in [0.05, 0.1) is 10.9 Å². The van der Waals surface area contributed by atoms with Crippen molar-refractivity contribution in [2.45, 2.75) is 33.2 Å². The fraction of sp³-hybridized carbons (Fsp3) is 0.250. The molecular formula is C24H26N6O. The minimum atomic E-state index is -0.554. The quantitative estimate of drug-likeness (QED) is 0.517. The number of nitrogen functional groups attached to an aromatic ring is 1. The molecule has 0 bridgehead atoms. The predicted molar refractivity (Wildman–Crippen MR) is 123 cm³/mol. The van der Waals surface area contributed by atoms with Gasteiger partial charge in [0.1, 0.15) is 17.8 Å². The van der Waals surface area contributed by atoms with Gasteiger partial charge in [0, 0.05) is 17.7 Å². The SMILES string of the molecule is Cc1ccc(-c2nn(C(C)(C)CNC(=O)c3cccc(C)c3)c3ncnc(N)c23)cc1. The Kier molecular flexibility index (Phi) is 5.19. The van der Waals surface area contributed by atoms with Crippen molar-refractivity contribution in [3.05, 3.63) is 71.5 Å². The summed E-state index contributed by atoms with van der Waals surface area (Å²) in [7, 11) is 0. The lowest BCUT2D eigenvalue weighted by molar-refractivity contribution is 0.0936. The molecule has 158 valence electrons. The number of nitrogens with two attached hydrogens (primary N) is 1. The van der Waals surface area contributed by atoms with Gasteiger partial charge < -0.3 is 11.1 Å². The summed E-state index contributed by atoms with van der Waals surface area (Å²) in [5.41, 5.74) is 10.8. The number of anilines is 1. The lowest BCUT2D eigenvalue weighted by atomic mass is 10.1. The number of nitrogens with zero attached hydrogens (tertiary/aromatic N) is 4. The zero-order chi connectivity index (χ0) is 22.2. The Morgan fingerprint density at radius 3 is 2.52 bits per heavy atom. The Bertz CT molecular complexity index is 1260. The molecule has 2 aromatic heterocycles. The van der Waals surface area contributed by atoms with Crippen LogP contribution in [-0.2, 0) is 5.54 Å². The second-order valence-electron chi connectivity index (χ2n) is 8.45. The van der Waals surface area contributed by atoms with Crippen molar-refractivity contribution in [3.8, 4) is 11.3 Å². The van der Waals surface area contributed by atoms with E-state index in [1.165, 1.54) is 6.33 Å². The van der Waals surface area contributed by atoms with Crippen molar-refractivity contribution in [2.24, 2.45) is 0 Å². The Morgan fingerprint density at radius 2 is 1.81 bits per heavy atom. The molecule has 3 N–H and O–H groups in total. The van der Waals surface area contributed by atoms with Crippen molar-refractivity contribution in [1.29, 1.82) is 0 Å². The topological polar surface area (TPSA) is 98.7 Å². The van der Waals surface area contributed by atoms with Crippen molar-refractivity contribution >= 4 is 22.8 Å². The van der Waals surface area contributed by atoms with Crippen LogP contribution in [0.25, 0.3) is 22.3 Å². The van der Waals surface area contributed by atoms with Gasteiger partial charge in [-0.1, -0.05) is 47.5 Å². The molecule has 0 saturated heterocycles. The molecule has 0 aliphatic carbocycles. The minimum Gasteiger partial charge on any atom is -0.383 e. The van der Waals surface area contributed by atoms with E-state index in [1.807, 2.05) is 80.9 Å². The van der Waals surface area contributed by atoms with E-state index >= 15 is 0 Å². The standard InChI is InChI=1S/C24H26N6O/c1-15-8-10-17(11-9-15)20-19-21(25)27-14-28-22(19)30(29-20)24(3,4)13-26-23(31)18-7-5-6-16(2)12-18/h5-12,14H,13H2,1-4H3,(H,26,31)(H2,25,27,28). The normalized spacial score (nSPS) is 11.6. The number of rotatable bonds is 5. The molecule has 0 aliphatic rings. The lowest BCUT2D eigenvalue weighted by Gasteiger charge is -2.26. The van der Waals surface area contributed by atoms with Gasteiger partial charge in [-0.05, 0) is 39.8 Å². The van der Waals surface area contributed by atoms with E-state index in [1.54, 1.807) is 0 Å². The number of aryl methyl sites for hydroxylation is 2. The van der Waals surface area contributed by atoms with Crippen LogP contribution < -0.4 is 11.1 Å². The highest BCUT2D eigenvalue weighted by Crippen LogP contribution is 2.33. The van der Waals surface area contributed by atoms with Crippen LogP contribution in [0.3, 0.4) is 0 Å². The van der Waals surface area contributed by atoms with Gasteiger partial charge in [0.2, 0.25) is 0 Å². The fourth-order valence-corrected chi connectivity index (χ4v) is 3.57. The second kappa shape index (κ2) is 7.83. The molecule has 0 atom stereocenters. The van der Waals surface area contributed by atoms with Crippen molar-refractivity contribution in [3.63, 3.8) is 0 Å². The van der Waals surface area contributed by atoms with Gasteiger partial charge in [0.25, 0.3) is 5.91 Å². The number of benzene rings is 2. The number of hydrogen-bond acceptors (Lipinski definition) is 5. The van der Waals surface area contributed by atoms with E-state index < -0.39 is 5.54 Å². The average Bonchev–Trinajstić information content (AvgIpc) is 3.15. The van der Waals surface area contributed by atoms with Crippen LogP contribution in [0.2, 0.25) is 0 Å². The number of hydrogen-bond donors (Lipinski definition) is 2. The molecule has 7 heteroatoms. The van der Waals surface area contributed by atoms with Gasteiger partial charge in [-0.25, -0.2) is 14.6 Å². The first-order valence-corrected chi connectivity index (χ1v) is 10.2. The first-order valence-electron chi connectivity index (χ1n) is 10.2. The summed E-state index contributed by atoms with van der Waals surface area (Å²) in [6.45, 7) is 8.39. The summed E-state index contributed by atoms with van der Waals surface area (Å²) in [6.07, 6.45) is 1.44. The maximum Gasteiger partial charge on any atom is 0.251 e. The highest BCUT2D eigenvalue weighted by atomic mass is 16.1. The summed E-state index contributed by atoms with van der Waals surface area (Å²) < 4.78 is 1.83. The summed E-state index contributed by atoms with van der Waals surface area (Å²) in [5, 5.41) is 8.61. The monoisotopic (exact) mass is 414 g/mol. The zero-order valence-electron chi connectivity index (χ0n) is 18.2. The molecule has 4 rings (SSSR count). The Hall–Kier alpha value is -3.74. The van der Waals surface area contributed by atoms with E-state index in [-0.39, 0.29) is 5.91 Å². The first-order chi connectivity index (χ1) is 14.8. The highest BCUT2D eigenvalue weighted by molar-refractivity contribution is 5.98. The second-order valence-corrected chi connectivity index (χ2v) is 8.45. The third-order valence-corrected chi connectivity index (χ3v) is 5.35. The maximum atomic E-state index is 12.7. The number of carbonyl (C=O) groups is 1. The number of carbonyl (C=O) groups excluding carboxylic acids is 1. The lowest BCUT2D eigenvalue weighted by Crippen LogP contribution is -2.41. The van der Waals surface area contributed by atoms with Crippen LogP contribution in [0.4, 0.5) is 5.82 Å². The predicted octanol–water partition coefficient (Wildman–Crippen LogP) is 3.86. The average molecular weight is 415 g/mol. The largest absolute Gasteiger partial charge is 0.383 e. The fourth-order valence-electron chi connectivity index (χ4n) is 3.57. The number of nitrogens with one attached hydrogen (secondary N) is 1. The van der Waals surface area contributed by atoms with Gasteiger partial charge in [-0.3, -0.25) is 4.79 Å². The molecule has 0 aliphatic heterocycles. The summed E-state index contributed by atoms with van der Waals surface area (Å²) in [5.74, 6) is 0.257. The van der Waals surface area contributed by atoms with Gasteiger partial charge in [-0.2, -0.15) is 5.10 Å². The zero-order valence-corrected chi connectivity index (χ0v) is 18.2. The van der Waals surface area contributed by atoms with E-state index in [2.05, 4.69) is 15.3 Å². The molecule has 0 unspecified atom stereocenters. The van der Waals surface area contributed by atoms with Gasteiger partial charge >= 0.3 is 0 Å². The molecule has 1 amide bonds. The Labute approximate surface area is 181 Å². The van der Waals surface area contributed by atoms with E-state index in [4.69, 9.17) is 10.8 Å². The molecule has 0 saturated carbocycles. The van der Waals surface area contributed by atoms with Crippen molar-refractivity contribution < 1.29 is 4.79 Å². The third-order valence-electron chi connectivity index (χ3n) is 5.35. The van der Waals surface area contributed by atoms with E-state index in [9.17, 15) is 4.79 Å². The van der Waals surface area contributed by atoms with Gasteiger partial charge in [0.15, 0.2) is 5.65 Å². The molecule has 0 fully saturated rings.